The molecule has 0 radical (unpaired) electrons. The number of ether oxygens (including phenoxy) is 3. The van der Waals surface area contributed by atoms with Crippen LogP contribution >= 0.6 is 0 Å². The summed E-state index contributed by atoms with van der Waals surface area (Å²) in [4.78, 5) is 0. The normalized spacial score (nSPS) is 11.4. The molecule has 1 rings (SSSR count). The van der Waals surface area contributed by atoms with E-state index in [1.807, 2.05) is 39.0 Å². The van der Waals surface area contributed by atoms with E-state index in [-0.39, 0.29) is 5.60 Å². The van der Waals surface area contributed by atoms with Gasteiger partial charge in [0.15, 0.2) is 11.5 Å². The van der Waals surface area contributed by atoms with E-state index in [4.69, 9.17) is 19.9 Å². The predicted molar refractivity (Wildman–Crippen MR) is 72.1 cm³/mol. The summed E-state index contributed by atoms with van der Waals surface area (Å²) >= 11 is 0. The minimum Gasteiger partial charge on any atom is -0.493 e. The molecule has 1 aromatic rings. The molecule has 2 N–H and O–H groups in total. The van der Waals surface area contributed by atoms with Gasteiger partial charge in [0.05, 0.1) is 19.3 Å². The minimum absolute atomic E-state index is 0.146. The number of nitrogens with two attached hydrogens (primary N) is 1. The SMILES string of the molecule is COc1ccc(CN)cc1OCCOC(C)(C)C. The van der Waals surface area contributed by atoms with E-state index in [0.29, 0.717) is 31.3 Å². The van der Waals surface area contributed by atoms with E-state index >= 15 is 0 Å². The standard InChI is InChI=1S/C14H23NO3/c1-14(2,3)18-8-7-17-13-9-11(10-15)5-6-12(13)16-4/h5-6,9H,7-8,10,15H2,1-4H3. The van der Waals surface area contributed by atoms with Crippen LogP contribution in [0.1, 0.15) is 26.3 Å². The molecule has 4 heteroatoms. The van der Waals surface area contributed by atoms with Gasteiger partial charge in [-0.25, -0.2) is 0 Å². The van der Waals surface area contributed by atoms with E-state index in [1.54, 1.807) is 7.11 Å². The highest BCUT2D eigenvalue weighted by Crippen LogP contribution is 2.27. The van der Waals surface area contributed by atoms with Crippen LogP contribution in [0, 0.1) is 0 Å². The first-order valence-electron chi connectivity index (χ1n) is 6.10. The maximum absolute atomic E-state index is 5.66. The Hall–Kier alpha value is -1.26. The summed E-state index contributed by atoms with van der Waals surface area (Å²) in [5.74, 6) is 1.42. The van der Waals surface area contributed by atoms with Crippen molar-refractivity contribution >= 4 is 0 Å². The van der Waals surface area contributed by atoms with Gasteiger partial charge in [0.2, 0.25) is 0 Å². The number of benzene rings is 1. The van der Waals surface area contributed by atoms with Crippen molar-refractivity contribution in [3.63, 3.8) is 0 Å². The molecule has 0 amide bonds. The van der Waals surface area contributed by atoms with Crippen LogP contribution in [0.2, 0.25) is 0 Å². The Balaban J connectivity index is 2.54. The third-order valence-corrected chi connectivity index (χ3v) is 2.34. The van der Waals surface area contributed by atoms with Crippen LogP contribution < -0.4 is 15.2 Å². The van der Waals surface area contributed by atoms with Gasteiger partial charge in [0, 0.05) is 6.54 Å². The fourth-order valence-corrected chi connectivity index (χ4v) is 1.46. The first-order valence-corrected chi connectivity index (χ1v) is 6.10. The zero-order valence-electron chi connectivity index (χ0n) is 11.7. The first-order chi connectivity index (χ1) is 8.46. The Morgan fingerprint density at radius 3 is 2.39 bits per heavy atom. The molecule has 0 heterocycles. The van der Waals surface area contributed by atoms with E-state index in [0.717, 1.165) is 5.56 Å². The van der Waals surface area contributed by atoms with E-state index in [9.17, 15) is 0 Å². The lowest BCUT2D eigenvalue weighted by molar-refractivity contribution is -0.0165. The number of hydrogen-bond acceptors (Lipinski definition) is 4. The molecule has 18 heavy (non-hydrogen) atoms. The molecular weight excluding hydrogens is 230 g/mol. The summed E-state index contributed by atoms with van der Waals surface area (Å²) < 4.78 is 16.5. The second-order valence-corrected chi connectivity index (χ2v) is 5.00. The van der Waals surface area contributed by atoms with Crippen molar-refractivity contribution in [2.45, 2.75) is 32.9 Å². The van der Waals surface area contributed by atoms with Gasteiger partial charge in [-0.15, -0.1) is 0 Å². The van der Waals surface area contributed by atoms with Gasteiger partial charge in [-0.3, -0.25) is 0 Å². The lowest BCUT2D eigenvalue weighted by Crippen LogP contribution is -2.22. The molecule has 0 atom stereocenters. The average molecular weight is 253 g/mol. The summed E-state index contributed by atoms with van der Waals surface area (Å²) in [5, 5.41) is 0. The van der Waals surface area contributed by atoms with Gasteiger partial charge in [-0.1, -0.05) is 6.07 Å². The molecule has 0 unspecified atom stereocenters. The van der Waals surface area contributed by atoms with Crippen LogP contribution in [-0.2, 0) is 11.3 Å². The van der Waals surface area contributed by atoms with E-state index in [1.165, 1.54) is 0 Å². The van der Waals surface area contributed by atoms with Crippen molar-refractivity contribution in [1.82, 2.24) is 0 Å². The third kappa shape index (κ3) is 4.94. The van der Waals surface area contributed by atoms with Crippen molar-refractivity contribution in [3.05, 3.63) is 23.8 Å². The molecule has 0 saturated carbocycles. The Labute approximate surface area is 109 Å². The van der Waals surface area contributed by atoms with Gasteiger partial charge < -0.3 is 19.9 Å². The van der Waals surface area contributed by atoms with Crippen molar-refractivity contribution in [2.75, 3.05) is 20.3 Å². The second kappa shape index (κ2) is 6.61. The van der Waals surface area contributed by atoms with Crippen LogP contribution in [0.5, 0.6) is 11.5 Å². The highest BCUT2D eigenvalue weighted by Gasteiger charge is 2.10. The van der Waals surface area contributed by atoms with Crippen molar-refractivity contribution in [3.8, 4) is 11.5 Å². The number of methoxy groups -OCH3 is 1. The predicted octanol–water partition coefficient (Wildman–Crippen LogP) is 2.35. The summed E-state index contributed by atoms with van der Waals surface area (Å²) in [6.45, 7) is 7.56. The molecule has 0 aromatic heterocycles. The van der Waals surface area contributed by atoms with Crippen LogP contribution in [0.3, 0.4) is 0 Å². The molecule has 0 aliphatic carbocycles. The summed E-state index contributed by atoms with van der Waals surface area (Å²) in [6.07, 6.45) is 0. The Kier molecular flexibility index (Phi) is 5.44. The fourth-order valence-electron chi connectivity index (χ4n) is 1.46. The molecule has 0 aliphatic heterocycles. The molecule has 0 fully saturated rings. The summed E-state index contributed by atoms with van der Waals surface area (Å²) in [7, 11) is 1.62. The molecule has 0 saturated heterocycles. The van der Waals surface area contributed by atoms with Gasteiger partial charge in [-0.2, -0.15) is 0 Å². The molecule has 1 aromatic carbocycles. The Bertz CT molecular complexity index is 372. The first kappa shape index (κ1) is 14.8. The Morgan fingerprint density at radius 2 is 1.83 bits per heavy atom. The van der Waals surface area contributed by atoms with Crippen molar-refractivity contribution in [2.24, 2.45) is 5.73 Å². The smallest absolute Gasteiger partial charge is 0.161 e. The monoisotopic (exact) mass is 253 g/mol. The highest BCUT2D eigenvalue weighted by molar-refractivity contribution is 5.42. The third-order valence-electron chi connectivity index (χ3n) is 2.34. The number of rotatable bonds is 6. The largest absolute Gasteiger partial charge is 0.493 e. The highest BCUT2D eigenvalue weighted by atomic mass is 16.5. The van der Waals surface area contributed by atoms with Gasteiger partial charge >= 0.3 is 0 Å². The maximum atomic E-state index is 5.66. The lowest BCUT2D eigenvalue weighted by atomic mass is 10.2. The average Bonchev–Trinajstić information content (AvgIpc) is 2.33. The molecule has 0 spiro atoms. The number of hydrogen-bond donors (Lipinski definition) is 1. The minimum atomic E-state index is -0.146. The van der Waals surface area contributed by atoms with Gasteiger partial charge in [0.25, 0.3) is 0 Å². The zero-order chi connectivity index (χ0) is 13.6. The van der Waals surface area contributed by atoms with E-state index in [2.05, 4.69) is 0 Å². The van der Waals surface area contributed by atoms with Crippen molar-refractivity contribution < 1.29 is 14.2 Å². The lowest BCUT2D eigenvalue weighted by Gasteiger charge is -2.20. The molecule has 0 bridgehead atoms. The fraction of sp³-hybridized carbons (Fsp3) is 0.571. The molecule has 4 nitrogen and oxygen atoms in total. The molecule has 0 aliphatic rings. The molecule has 102 valence electrons. The Morgan fingerprint density at radius 1 is 1.11 bits per heavy atom. The van der Waals surface area contributed by atoms with Crippen molar-refractivity contribution in [1.29, 1.82) is 0 Å². The van der Waals surface area contributed by atoms with Gasteiger partial charge in [-0.05, 0) is 38.5 Å². The summed E-state index contributed by atoms with van der Waals surface area (Å²) in [6, 6.07) is 5.69. The van der Waals surface area contributed by atoms with Crippen LogP contribution in [0.15, 0.2) is 18.2 Å². The molecular formula is C14H23NO3. The summed E-state index contributed by atoms with van der Waals surface area (Å²) in [5.41, 5.74) is 6.47. The second-order valence-electron chi connectivity index (χ2n) is 5.00. The zero-order valence-corrected chi connectivity index (χ0v) is 11.7. The van der Waals surface area contributed by atoms with Gasteiger partial charge in [0.1, 0.15) is 6.61 Å². The quantitative estimate of drug-likeness (QED) is 0.791. The maximum Gasteiger partial charge on any atom is 0.161 e. The van der Waals surface area contributed by atoms with Crippen LogP contribution in [0.25, 0.3) is 0 Å². The van der Waals surface area contributed by atoms with Crippen LogP contribution in [0.4, 0.5) is 0 Å². The van der Waals surface area contributed by atoms with Crippen LogP contribution in [-0.4, -0.2) is 25.9 Å². The topological polar surface area (TPSA) is 53.7 Å². The van der Waals surface area contributed by atoms with E-state index < -0.39 is 0 Å².